The number of halogens is 2. The topological polar surface area (TPSA) is 46.3 Å². The lowest BCUT2D eigenvalue weighted by Gasteiger charge is -2.16. The van der Waals surface area contributed by atoms with Crippen molar-refractivity contribution in [2.24, 2.45) is 11.7 Å². The van der Waals surface area contributed by atoms with Gasteiger partial charge >= 0.3 is 0 Å². The molecule has 1 amide bonds. The first-order valence-corrected chi connectivity index (χ1v) is 6.99. The fourth-order valence-electron chi connectivity index (χ4n) is 2.18. The molecule has 1 unspecified atom stereocenters. The van der Waals surface area contributed by atoms with E-state index in [0.717, 1.165) is 25.1 Å². The van der Waals surface area contributed by atoms with E-state index >= 15 is 0 Å². The van der Waals surface area contributed by atoms with Crippen LogP contribution in [0.4, 0.5) is 0 Å². The van der Waals surface area contributed by atoms with Crippen molar-refractivity contribution in [3.8, 4) is 0 Å². The van der Waals surface area contributed by atoms with E-state index in [-0.39, 0.29) is 18.3 Å². The molecule has 1 aromatic rings. The molecule has 0 radical (unpaired) electrons. The van der Waals surface area contributed by atoms with Gasteiger partial charge in [-0.2, -0.15) is 0 Å². The molecule has 0 bridgehead atoms. The number of carbonyl (C=O) groups is 1. The molecular formula is C13H18ClIN2O. The summed E-state index contributed by atoms with van der Waals surface area (Å²) in [5.41, 5.74) is 6.73. The molecule has 1 aliphatic rings. The molecule has 18 heavy (non-hydrogen) atoms. The summed E-state index contributed by atoms with van der Waals surface area (Å²) in [4.78, 5) is 14.0. The number of amides is 1. The number of nitrogens with two attached hydrogens (primary N) is 1. The molecule has 0 aromatic heterocycles. The Balaban J connectivity index is 0.00000162. The number of hydrogen-bond acceptors (Lipinski definition) is 2. The minimum Gasteiger partial charge on any atom is -0.342 e. The zero-order chi connectivity index (χ0) is 12.3. The Morgan fingerprint density at radius 3 is 2.89 bits per heavy atom. The van der Waals surface area contributed by atoms with E-state index < -0.39 is 0 Å². The third-order valence-electron chi connectivity index (χ3n) is 3.22. The number of benzene rings is 1. The van der Waals surface area contributed by atoms with E-state index in [2.05, 4.69) is 28.7 Å². The molecule has 5 heteroatoms. The van der Waals surface area contributed by atoms with Crippen molar-refractivity contribution >= 4 is 40.9 Å². The second kappa shape index (κ2) is 7.31. The lowest BCUT2D eigenvalue weighted by atomic mass is 10.1. The first kappa shape index (κ1) is 15.7. The van der Waals surface area contributed by atoms with Gasteiger partial charge in [0.15, 0.2) is 0 Å². The fourth-order valence-corrected chi connectivity index (χ4v) is 2.79. The highest BCUT2D eigenvalue weighted by molar-refractivity contribution is 14.1. The molecule has 0 aliphatic carbocycles. The molecule has 1 aliphatic heterocycles. The third-order valence-corrected chi connectivity index (χ3v) is 3.89. The zero-order valence-corrected chi connectivity index (χ0v) is 13.1. The number of carbonyl (C=O) groups excluding carboxylic acids is 1. The molecule has 3 nitrogen and oxygen atoms in total. The van der Waals surface area contributed by atoms with Gasteiger partial charge in [0.2, 0.25) is 5.91 Å². The standard InChI is InChI=1S/C13H17IN2O.ClH/c14-12-3-1-2-10(6-12)7-13(17)16-5-4-11(8-15)9-16;/h1-3,6,11H,4-5,7-9,15H2;1H. The first-order valence-electron chi connectivity index (χ1n) is 5.91. The van der Waals surface area contributed by atoms with Gasteiger partial charge in [-0.15, -0.1) is 12.4 Å². The van der Waals surface area contributed by atoms with Crippen LogP contribution in [0, 0.1) is 9.49 Å². The Morgan fingerprint density at radius 1 is 1.50 bits per heavy atom. The Kier molecular flexibility index (Phi) is 6.38. The zero-order valence-electron chi connectivity index (χ0n) is 10.1. The van der Waals surface area contributed by atoms with Gasteiger partial charge in [0.05, 0.1) is 6.42 Å². The smallest absolute Gasteiger partial charge is 0.227 e. The van der Waals surface area contributed by atoms with Crippen molar-refractivity contribution in [3.63, 3.8) is 0 Å². The van der Waals surface area contributed by atoms with E-state index in [4.69, 9.17) is 5.73 Å². The highest BCUT2D eigenvalue weighted by atomic mass is 127. The van der Waals surface area contributed by atoms with Gasteiger partial charge in [0.25, 0.3) is 0 Å². The highest BCUT2D eigenvalue weighted by Gasteiger charge is 2.24. The van der Waals surface area contributed by atoms with Crippen LogP contribution >= 0.6 is 35.0 Å². The summed E-state index contributed by atoms with van der Waals surface area (Å²) >= 11 is 2.27. The summed E-state index contributed by atoms with van der Waals surface area (Å²) in [6.07, 6.45) is 1.56. The van der Waals surface area contributed by atoms with Crippen molar-refractivity contribution in [2.45, 2.75) is 12.8 Å². The van der Waals surface area contributed by atoms with Gasteiger partial charge in [0, 0.05) is 16.7 Å². The molecule has 0 saturated carbocycles. The van der Waals surface area contributed by atoms with Gasteiger partial charge in [-0.25, -0.2) is 0 Å². The van der Waals surface area contributed by atoms with Crippen LogP contribution in [-0.4, -0.2) is 30.4 Å². The average Bonchev–Trinajstić information content (AvgIpc) is 2.77. The quantitative estimate of drug-likeness (QED) is 0.816. The van der Waals surface area contributed by atoms with Crippen LogP contribution < -0.4 is 5.73 Å². The summed E-state index contributed by atoms with van der Waals surface area (Å²) in [6.45, 7) is 2.39. The summed E-state index contributed by atoms with van der Waals surface area (Å²) in [5.74, 6) is 0.720. The molecule has 100 valence electrons. The van der Waals surface area contributed by atoms with Crippen molar-refractivity contribution < 1.29 is 4.79 Å². The fraction of sp³-hybridized carbons (Fsp3) is 0.462. The first-order chi connectivity index (χ1) is 8.19. The second-order valence-corrected chi connectivity index (χ2v) is 5.78. The summed E-state index contributed by atoms with van der Waals surface area (Å²) in [6, 6.07) is 8.11. The van der Waals surface area contributed by atoms with Crippen molar-refractivity contribution in [1.29, 1.82) is 0 Å². The molecule has 1 heterocycles. The van der Waals surface area contributed by atoms with Crippen molar-refractivity contribution in [2.75, 3.05) is 19.6 Å². The van der Waals surface area contributed by atoms with Crippen LogP contribution in [0.15, 0.2) is 24.3 Å². The van der Waals surface area contributed by atoms with Crippen LogP contribution in [0.2, 0.25) is 0 Å². The average molecular weight is 381 g/mol. The van der Waals surface area contributed by atoms with Crippen LogP contribution in [0.1, 0.15) is 12.0 Å². The van der Waals surface area contributed by atoms with E-state index in [0.29, 0.717) is 18.9 Å². The lowest BCUT2D eigenvalue weighted by Crippen LogP contribution is -2.31. The molecule has 0 spiro atoms. The minimum atomic E-state index is 0. The predicted molar refractivity (Wildman–Crippen MR) is 83.9 cm³/mol. The van der Waals surface area contributed by atoms with E-state index in [1.165, 1.54) is 3.57 Å². The maximum Gasteiger partial charge on any atom is 0.227 e. The molecule has 1 saturated heterocycles. The third kappa shape index (κ3) is 4.10. The predicted octanol–water partition coefficient (Wildman–Crippen LogP) is 2.06. The number of nitrogens with zero attached hydrogens (tertiary/aromatic N) is 1. The molecule has 2 N–H and O–H groups in total. The lowest BCUT2D eigenvalue weighted by molar-refractivity contribution is -0.129. The summed E-state index contributed by atoms with van der Waals surface area (Å²) in [7, 11) is 0. The minimum absolute atomic E-state index is 0. The highest BCUT2D eigenvalue weighted by Crippen LogP contribution is 2.16. The Hall–Kier alpha value is -0.330. The number of likely N-dealkylation sites (tertiary alicyclic amines) is 1. The van der Waals surface area contributed by atoms with Gasteiger partial charge < -0.3 is 10.6 Å². The van der Waals surface area contributed by atoms with Gasteiger partial charge in [0.1, 0.15) is 0 Å². The van der Waals surface area contributed by atoms with Gasteiger partial charge in [-0.05, 0) is 59.2 Å². The molecule has 1 aromatic carbocycles. The number of rotatable bonds is 3. The largest absolute Gasteiger partial charge is 0.342 e. The second-order valence-electron chi connectivity index (χ2n) is 4.54. The summed E-state index contributed by atoms with van der Waals surface area (Å²) in [5, 5.41) is 0. The normalized spacial score (nSPS) is 18.6. The molecule has 2 rings (SSSR count). The maximum absolute atomic E-state index is 12.1. The Labute approximate surface area is 128 Å². The van der Waals surface area contributed by atoms with Crippen LogP contribution in [0.3, 0.4) is 0 Å². The van der Waals surface area contributed by atoms with E-state index in [1.54, 1.807) is 0 Å². The van der Waals surface area contributed by atoms with Crippen LogP contribution in [0.25, 0.3) is 0 Å². The molecular weight excluding hydrogens is 363 g/mol. The van der Waals surface area contributed by atoms with Crippen LogP contribution in [-0.2, 0) is 11.2 Å². The Morgan fingerprint density at radius 2 is 2.28 bits per heavy atom. The van der Waals surface area contributed by atoms with Crippen molar-refractivity contribution in [3.05, 3.63) is 33.4 Å². The van der Waals surface area contributed by atoms with E-state index in [9.17, 15) is 4.79 Å². The molecule has 1 fully saturated rings. The molecule has 1 atom stereocenters. The van der Waals surface area contributed by atoms with Gasteiger partial charge in [-0.1, -0.05) is 12.1 Å². The van der Waals surface area contributed by atoms with Gasteiger partial charge in [-0.3, -0.25) is 4.79 Å². The van der Waals surface area contributed by atoms with E-state index in [1.807, 2.05) is 23.1 Å². The monoisotopic (exact) mass is 380 g/mol. The summed E-state index contributed by atoms with van der Waals surface area (Å²) < 4.78 is 1.18. The number of hydrogen-bond donors (Lipinski definition) is 1. The van der Waals surface area contributed by atoms with Crippen LogP contribution in [0.5, 0.6) is 0 Å². The SMILES string of the molecule is Cl.NCC1CCN(C(=O)Cc2cccc(I)c2)C1. The maximum atomic E-state index is 12.1. The van der Waals surface area contributed by atoms with Crippen molar-refractivity contribution in [1.82, 2.24) is 4.90 Å². The Bertz CT molecular complexity index is 414.